The molecule has 6 nitrogen and oxygen atoms in total. The SMILES string of the molecule is CCN(CC)CC(=O)Nc1ccc(C(=O)NN)cc1. The van der Waals surface area contributed by atoms with Gasteiger partial charge in [-0.25, -0.2) is 5.84 Å². The lowest BCUT2D eigenvalue weighted by Crippen LogP contribution is -2.33. The van der Waals surface area contributed by atoms with Crippen LogP contribution in [0.2, 0.25) is 0 Å². The highest BCUT2D eigenvalue weighted by molar-refractivity contribution is 5.95. The number of hydrogen-bond acceptors (Lipinski definition) is 4. The van der Waals surface area contributed by atoms with Crippen molar-refractivity contribution in [3.05, 3.63) is 29.8 Å². The van der Waals surface area contributed by atoms with Crippen molar-refractivity contribution in [1.82, 2.24) is 10.3 Å². The lowest BCUT2D eigenvalue weighted by molar-refractivity contribution is -0.117. The van der Waals surface area contributed by atoms with E-state index >= 15 is 0 Å². The Labute approximate surface area is 112 Å². The Bertz CT molecular complexity index is 427. The van der Waals surface area contributed by atoms with Crippen LogP contribution in [-0.2, 0) is 4.79 Å². The van der Waals surface area contributed by atoms with E-state index in [1.807, 2.05) is 24.2 Å². The highest BCUT2D eigenvalue weighted by atomic mass is 16.2. The third-order valence-electron chi connectivity index (χ3n) is 2.82. The zero-order chi connectivity index (χ0) is 14.3. The van der Waals surface area contributed by atoms with Crippen LogP contribution in [-0.4, -0.2) is 36.3 Å². The van der Waals surface area contributed by atoms with E-state index in [2.05, 4.69) is 5.32 Å². The molecule has 0 spiro atoms. The summed E-state index contributed by atoms with van der Waals surface area (Å²) < 4.78 is 0. The lowest BCUT2D eigenvalue weighted by Gasteiger charge is -2.17. The van der Waals surface area contributed by atoms with Gasteiger partial charge in [-0.1, -0.05) is 13.8 Å². The Balaban J connectivity index is 2.58. The number of hydrazine groups is 1. The zero-order valence-electron chi connectivity index (χ0n) is 11.3. The predicted octanol–water partition coefficient (Wildman–Crippen LogP) is 0.570. The van der Waals surface area contributed by atoms with E-state index in [0.717, 1.165) is 13.1 Å². The molecule has 0 bridgehead atoms. The zero-order valence-corrected chi connectivity index (χ0v) is 11.3. The lowest BCUT2D eigenvalue weighted by atomic mass is 10.2. The van der Waals surface area contributed by atoms with Crippen LogP contribution >= 0.6 is 0 Å². The second-order valence-corrected chi connectivity index (χ2v) is 4.06. The number of carbonyl (C=O) groups excluding carboxylic acids is 2. The second kappa shape index (κ2) is 7.50. The molecule has 2 amide bonds. The fourth-order valence-electron chi connectivity index (χ4n) is 1.64. The van der Waals surface area contributed by atoms with Crippen molar-refractivity contribution in [2.45, 2.75) is 13.8 Å². The summed E-state index contributed by atoms with van der Waals surface area (Å²) in [5.41, 5.74) is 3.16. The molecule has 0 saturated carbocycles. The number of benzene rings is 1. The van der Waals surface area contributed by atoms with Gasteiger partial charge in [-0.3, -0.25) is 19.9 Å². The minimum absolute atomic E-state index is 0.0697. The molecule has 0 saturated heterocycles. The number of amides is 2. The molecular weight excluding hydrogens is 244 g/mol. The van der Waals surface area contributed by atoms with Crippen molar-refractivity contribution in [2.75, 3.05) is 25.0 Å². The van der Waals surface area contributed by atoms with E-state index in [1.165, 1.54) is 0 Å². The standard InChI is InChI=1S/C13H20N4O2/c1-3-17(4-2)9-12(18)15-11-7-5-10(6-8-11)13(19)16-14/h5-8H,3-4,9,14H2,1-2H3,(H,15,18)(H,16,19). The van der Waals surface area contributed by atoms with Gasteiger partial charge in [0.1, 0.15) is 0 Å². The first-order valence-corrected chi connectivity index (χ1v) is 6.23. The molecule has 0 aliphatic rings. The highest BCUT2D eigenvalue weighted by Crippen LogP contribution is 2.09. The fraction of sp³-hybridized carbons (Fsp3) is 0.385. The molecule has 0 heterocycles. The molecule has 0 radical (unpaired) electrons. The van der Waals surface area contributed by atoms with Crippen LogP contribution in [0.3, 0.4) is 0 Å². The second-order valence-electron chi connectivity index (χ2n) is 4.06. The molecule has 0 fully saturated rings. The van der Waals surface area contributed by atoms with Gasteiger partial charge in [0.15, 0.2) is 0 Å². The molecule has 0 aromatic heterocycles. The van der Waals surface area contributed by atoms with Crippen LogP contribution in [0.1, 0.15) is 24.2 Å². The monoisotopic (exact) mass is 264 g/mol. The predicted molar refractivity (Wildman–Crippen MR) is 74.5 cm³/mol. The molecule has 0 aliphatic carbocycles. The molecular formula is C13H20N4O2. The van der Waals surface area contributed by atoms with Crippen molar-refractivity contribution in [3.63, 3.8) is 0 Å². The van der Waals surface area contributed by atoms with E-state index in [0.29, 0.717) is 17.8 Å². The number of nitrogens with two attached hydrogens (primary N) is 1. The van der Waals surface area contributed by atoms with E-state index in [-0.39, 0.29) is 11.8 Å². The quantitative estimate of drug-likeness (QED) is 0.398. The van der Waals surface area contributed by atoms with E-state index in [4.69, 9.17) is 5.84 Å². The highest BCUT2D eigenvalue weighted by Gasteiger charge is 2.08. The van der Waals surface area contributed by atoms with Gasteiger partial charge in [-0.2, -0.15) is 0 Å². The molecule has 0 atom stereocenters. The number of carbonyl (C=O) groups is 2. The van der Waals surface area contributed by atoms with Gasteiger partial charge in [-0.15, -0.1) is 0 Å². The third kappa shape index (κ3) is 4.69. The van der Waals surface area contributed by atoms with Crippen LogP contribution in [0.25, 0.3) is 0 Å². The first-order chi connectivity index (χ1) is 9.10. The molecule has 1 rings (SSSR count). The van der Waals surface area contributed by atoms with Gasteiger partial charge in [0.25, 0.3) is 5.91 Å². The Hall–Kier alpha value is -1.92. The molecule has 0 aliphatic heterocycles. The normalized spacial score (nSPS) is 10.3. The maximum absolute atomic E-state index is 11.8. The van der Waals surface area contributed by atoms with Crippen LogP contribution in [0.5, 0.6) is 0 Å². The average molecular weight is 264 g/mol. The molecule has 6 heteroatoms. The van der Waals surface area contributed by atoms with Gasteiger partial charge >= 0.3 is 0 Å². The van der Waals surface area contributed by atoms with Crippen molar-refractivity contribution >= 4 is 17.5 Å². The van der Waals surface area contributed by atoms with E-state index in [9.17, 15) is 9.59 Å². The Morgan fingerprint density at radius 3 is 2.21 bits per heavy atom. The van der Waals surface area contributed by atoms with E-state index < -0.39 is 0 Å². The smallest absolute Gasteiger partial charge is 0.265 e. The first kappa shape index (κ1) is 15.1. The molecule has 1 aromatic carbocycles. The third-order valence-corrected chi connectivity index (χ3v) is 2.82. The summed E-state index contributed by atoms with van der Waals surface area (Å²) >= 11 is 0. The van der Waals surface area contributed by atoms with E-state index in [1.54, 1.807) is 24.3 Å². The van der Waals surface area contributed by atoms with Gasteiger partial charge in [0.2, 0.25) is 5.91 Å². The number of anilines is 1. The summed E-state index contributed by atoms with van der Waals surface area (Å²) in [5.74, 6) is 4.60. The maximum Gasteiger partial charge on any atom is 0.265 e. The number of nitrogens with zero attached hydrogens (tertiary/aromatic N) is 1. The van der Waals surface area contributed by atoms with Crippen molar-refractivity contribution in [2.24, 2.45) is 5.84 Å². The Morgan fingerprint density at radius 2 is 1.74 bits per heavy atom. The number of likely N-dealkylation sites (N-methyl/N-ethyl adjacent to an activating group) is 1. The molecule has 4 N–H and O–H groups in total. The van der Waals surface area contributed by atoms with Gasteiger partial charge < -0.3 is 5.32 Å². The largest absolute Gasteiger partial charge is 0.325 e. The number of hydrogen-bond donors (Lipinski definition) is 3. The number of nitrogen functional groups attached to an aromatic ring is 1. The Morgan fingerprint density at radius 1 is 1.16 bits per heavy atom. The van der Waals surface area contributed by atoms with Gasteiger partial charge in [0.05, 0.1) is 6.54 Å². The van der Waals surface area contributed by atoms with Crippen LogP contribution in [0.4, 0.5) is 5.69 Å². The van der Waals surface area contributed by atoms with Gasteiger partial charge in [-0.05, 0) is 37.4 Å². The number of nitrogens with one attached hydrogen (secondary N) is 2. The summed E-state index contributed by atoms with van der Waals surface area (Å²) in [6.45, 7) is 6.05. The maximum atomic E-state index is 11.8. The minimum Gasteiger partial charge on any atom is -0.325 e. The number of rotatable bonds is 6. The minimum atomic E-state index is -0.360. The summed E-state index contributed by atoms with van der Waals surface area (Å²) in [6.07, 6.45) is 0. The molecule has 1 aromatic rings. The average Bonchev–Trinajstić information content (AvgIpc) is 2.44. The topological polar surface area (TPSA) is 87.5 Å². The summed E-state index contributed by atoms with van der Waals surface area (Å²) in [5, 5.41) is 2.78. The van der Waals surface area contributed by atoms with Crippen LogP contribution in [0.15, 0.2) is 24.3 Å². The fourth-order valence-corrected chi connectivity index (χ4v) is 1.64. The van der Waals surface area contributed by atoms with Crippen molar-refractivity contribution < 1.29 is 9.59 Å². The van der Waals surface area contributed by atoms with Crippen LogP contribution in [0, 0.1) is 0 Å². The van der Waals surface area contributed by atoms with Crippen molar-refractivity contribution in [3.8, 4) is 0 Å². The molecule has 104 valence electrons. The van der Waals surface area contributed by atoms with Gasteiger partial charge in [0, 0.05) is 11.3 Å². The molecule has 19 heavy (non-hydrogen) atoms. The van der Waals surface area contributed by atoms with Crippen molar-refractivity contribution in [1.29, 1.82) is 0 Å². The summed E-state index contributed by atoms with van der Waals surface area (Å²) in [4.78, 5) is 25.0. The first-order valence-electron chi connectivity index (χ1n) is 6.23. The van der Waals surface area contributed by atoms with Crippen LogP contribution < -0.4 is 16.6 Å². The summed E-state index contributed by atoms with van der Waals surface area (Å²) in [6, 6.07) is 6.56. The molecule has 0 unspecified atom stereocenters. The summed E-state index contributed by atoms with van der Waals surface area (Å²) in [7, 11) is 0. The Kier molecular flexibility index (Phi) is 5.98.